The zero-order valence-corrected chi connectivity index (χ0v) is 16.0. The molecule has 1 rings (SSSR count). The maximum Gasteiger partial charge on any atom is 0.240 e. The molecule has 1 aromatic carbocycles. The number of ether oxygens (including phenoxy) is 1. The third-order valence-corrected chi connectivity index (χ3v) is 5.16. The molecule has 0 aliphatic carbocycles. The number of rotatable bonds is 9. The van der Waals surface area contributed by atoms with Crippen LogP contribution in [-0.4, -0.2) is 27.1 Å². The van der Waals surface area contributed by atoms with Gasteiger partial charge in [0.2, 0.25) is 10.0 Å². The van der Waals surface area contributed by atoms with Gasteiger partial charge in [-0.05, 0) is 43.0 Å². The molecule has 0 saturated carbocycles. The molecule has 0 saturated heterocycles. The van der Waals surface area contributed by atoms with Crippen molar-refractivity contribution in [1.29, 1.82) is 0 Å². The van der Waals surface area contributed by atoms with Gasteiger partial charge in [-0.3, -0.25) is 0 Å². The summed E-state index contributed by atoms with van der Waals surface area (Å²) in [4.78, 5) is 0.221. The predicted molar refractivity (Wildman–Crippen MR) is 96.7 cm³/mol. The fourth-order valence-corrected chi connectivity index (χ4v) is 2.94. The largest absolute Gasteiger partial charge is 0.493 e. The average Bonchev–Trinajstić information content (AvgIpc) is 2.51. The molecule has 23 heavy (non-hydrogen) atoms. The van der Waals surface area contributed by atoms with Crippen molar-refractivity contribution in [2.24, 2.45) is 11.7 Å². The molecule has 0 bridgehead atoms. The summed E-state index contributed by atoms with van der Waals surface area (Å²) >= 11 is 0. The van der Waals surface area contributed by atoms with Gasteiger partial charge in [-0.1, -0.05) is 27.7 Å². The fourth-order valence-electron chi connectivity index (χ4n) is 1.80. The number of hydrogen-bond donors (Lipinski definition) is 2. The summed E-state index contributed by atoms with van der Waals surface area (Å²) in [6, 6.07) is 6.45. The van der Waals surface area contributed by atoms with E-state index in [2.05, 4.69) is 18.6 Å². The zero-order chi connectivity index (χ0) is 16.8. The highest BCUT2D eigenvalue weighted by Crippen LogP contribution is 2.17. The highest BCUT2D eigenvalue weighted by Gasteiger charge is 2.24. The van der Waals surface area contributed by atoms with Gasteiger partial charge in [0.25, 0.3) is 0 Å². The van der Waals surface area contributed by atoms with Crippen LogP contribution in [-0.2, 0) is 10.0 Å². The standard InChI is InChI=1S/C16H28N2O3S.ClH/c1-5-16(17,6-2)12-18-22(19,20)15-9-7-14(8-10-15)21-11-13(3)4;/h7-10,13,18H,5-6,11-12,17H2,1-4H3;1H. The lowest BCUT2D eigenvalue weighted by molar-refractivity contribution is 0.271. The third kappa shape index (κ3) is 7.08. The molecule has 0 aromatic heterocycles. The maximum absolute atomic E-state index is 12.3. The summed E-state index contributed by atoms with van der Waals surface area (Å²) in [5, 5.41) is 0. The molecule has 0 heterocycles. The molecule has 7 heteroatoms. The van der Waals surface area contributed by atoms with Crippen molar-refractivity contribution >= 4 is 22.4 Å². The second-order valence-corrected chi connectivity index (χ2v) is 7.84. The van der Waals surface area contributed by atoms with Gasteiger partial charge in [0, 0.05) is 12.1 Å². The van der Waals surface area contributed by atoms with Crippen LogP contribution in [0.15, 0.2) is 29.2 Å². The van der Waals surface area contributed by atoms with Gasteiger partial charge in [0.05, 0.1) is 11.5 Å². The van der Waals surface area contributed by atoms with E-state index in [0.717, 1.165) is 0 Å². The maximum atomic E-state index is 12.3. The molecule has 0 unspecified atom stereocenters. The highest BCUT2D eigenvalue weighted by molar-refractivity contribution is 7.89. The Morgan fingerprint density at radius 2 is 1.70 bits per heavy atom. The SMILES string of the molecule is CCC(N)(CC)CNS(=O)(=O)c1ccc(OCC(C)C)cc1.Cl. The molecule has 0 atom stereocenters. The lowest BCUT2D eigenvalue weighted by atomic mass is 9.95. The van der Waals surface area contributed by atoms with Crippen molar-refractivity contribution in [2.75, 3.05) is 13.2 Å². The van der Waals surface area contributed by atoms with Gasteiger partial charge in [0.15, 0.2) is 0 Å². The molecule has 0 spiro atoms. The Kier molecular flexibility index (Phi) is 9.13. The molecule has 5 nitrogen and oxygen atoms in total. The van der Waals surface area contributed by atoms with E-state index in [1.807, 2.05) is 13.8 Å². The first-order valence-corrected chi connectivity index (χ1v) is 9.22. The van der Waals surface area contributed by atoms with Crippen LogP contribution in [0.25, 0.3) is 0 Å². The van der Waals surface area contributed by atoms with Crippen LogP contribution in [0.3, 0.4) is 0 Å². The Morgan fingerprint density at radius 1 is 1.17 bits per heavy atom. The normalized spacial score (nSPS) is 12.1. The minimum absolute atomic E-state index is 0. The van der Waals surface area contributed by atoms with Crippen LogP contribution >= 0.6 is 12.4 Å². The van der Waals surface area contributed by atoms with Crippen molar-refractivity contribution in [1.82, 2.24) is 4.72 Å². The monoisotopic (exact) mass is 364 g/mol. The van der Waals surface area contributed by atoms with E-state index in [9.17, 15) is 8.42 Å². The molecule has 134 valence electrons. The van der Waals surface area contributed by atoms with Crippen LogP contribution in [0.4, 0.5) is 0 Å². The van der Waals surface area contributed by atoms with Gasteiger partial charge < -0.3 is 10.5 Å². The van der Waals surface area contributed by atoms with Gasteiger partial charge in [-0.2, -0.15) is 0 Å². The molecule has 0 amide bonds. The molecular formula is C16H29ClN2O3S. The van der Waals surface area contributed by atoms with E-state index < -0.39 is 15.6 Å². The summed E-state index contributed by atoms with van der Waals surface area (Å²) in [5.41, 5.74) is 5.62. The number of halogens is 1. The smallest absolute Gasteiger partial charge is 0.240 e. The van der Waals surface area contributed by atoms with Gasteiger partial charge >= 0.3 is 0 Å². The van der Waals surface area contributed by atoms with Gasteiger partial charge in [0.1, 0.15) is 5.75 Å². The summed E-state index contributed by atoms with van der Waals surface area (Å²) in [7, 11) is -3.55. The zero-order valence-electron chi connectivity index (χ0n) is 14.3. The Labute approximate surface area is 146 Å². The number of benzene rings is 1. The first kappa shape index (κ1) is 22.2. The van der Waals surface area contributed by atoms with Crippen molar-refractivity contribution in [3.63, 3.8) is 0 Å². The van der Waals surface area contributed by atoms with E-state index in [-0.39, 0.29) is 23.8 Å². The van der Waals surface area contributed by atoms with E-state index in [4.69, 9.17) is 10.5 Å². The Balaban J connectivity index is 0.00000484. The Bertz CT molecular complexity index is 555. The predicted octanol–water partition coefficient (Wildman–Crippen LogP) is 2.94. The quantitative estimate of drug-likeness (QED) is 0.705. The van der Waals surface area contributed by atoms with E-state index in [1.54, 1.807) is 24.3 Å². The second-order valence-electron chi connectivity index (χ2n) is 6.07. The van der Waals surface area contributed by atoms with Crippen LogP contribution in [0.2, 0.25) is 0 Å². The van der Waals surface area contributed by atoms with Crippen LogP contribution < -0.4 is 15.2 Å². The van der Waals surface area contributed by atoms with Crippen molar-refractivity contribution in [3.05, 3.63) is 24.3 Å². The molecule has 0 radical (unpaired) electrons. The second kappa shape index (κ2) is 9.47. The number of sulfonamides is 1. The third-order valence-electron chi connectivity index (χ3n) is 3.74. The molecule has 0 aliphatic rings. The first-order chi connectivity index (χ1) is 10.2. The van der Waals surface area contributed by atoms with Crippen molar-refractivity contribution < 1.29 is 13.2 Å². The summed E-state index contributed by atoms with van der Waals surface area (Å²) in [6.07, 6.45) is 1.43. The Morgan fingerprint density at radius 3 is 2.13 bits per heavy atom. The van der Waals surface area contributed by atoms with E-state index in [1.165, 1.54) is 0 Å². The first-order valence-electron chi connectivity index (χ1n) is 7.74. The molecular weight excluding hydrogens is 336 g/mol. The molecule has 0 aliphatic heterocycles. The lowest BCUT2D eigenvalue weighted by Gasteiger charge is -2.26. The highest BCUT2D eigenvalue weighted by atomic mass is 35.5. The average molecular weight is 365 g/mol. The topological polar surface area (TPSA) is 81.4 Å². The van der Waals surface area contributed by atoms with Crippen LogP contribution in [0.1, 0.15) is 40.5 Å². The summed E-state index contributed by atoms with van der Waals surface area (Å²) < 4.78 is 32.7. The lowest BCUT2D eigenvalue weighted by Crippen LogP contribution is -2.49. The van der Waals surface area contributed by atoms with Crippen molar-refractivity contribution in [3.8, 4) is 5.75 Å². The van der Waals surface area contributed by atoms with Crippen LogP contribution in [0, 0.1) is 5.92 Å². The molecule has 3 N–H and O–H groups in total. The minimum atomic E-state index is -3.55. The molecule has 1 aromatic rings. The van der Waals surface area contributed by atoms with Crippen molar-refractivity contribution in [2.45, 2.75) is 51.0 Å². The summed E-state index contributed by atoms with van der Waals surface area (Å²) in [6.45, 7) is 8.87. The Hall–Kier alpha value is -0.820. The van der Waals surface area contributed by atoms with Gasteiger partial charge in [-0.15, -0.1) is 12.4 Å². The summed E-state index contributed by atoms with van der Waals surface area (Å²) in [5.74, 6) is 1.09. The molecule has 0 fully saturated rings. The van der Waals surface area contributed by atoms with Crippen LogP contribution in [0.5, 0.6) is 5.75 Å². The number of nitrogens with one attached hydrogen (secondary N) is 1. The fraction of sp³-hybridized carbons (Fsp3) is 0.625. The number of nitrogens with two attached hydrogens (primary N) is 1. The van der Waals surface area contributed by atoms with Gasteiger partial charge in [-0.25, -0.2) is 13.1 Å². The number of hydrogen-bond acceptors (Lipinski definition) is 4. The van der Waals surface area contributed by atoms with E-state index >= 15 is 0 Å². The van der Waals surface area contributed by atoms with E-state index in [0.29, 0.717) is 31.1 Å². The minimum Gasteiger partial charge on any atom is -0.493 e.